The maximum absolute atomic E-state index is 2.53. The highest BCUT2D eigenvalue weighted by molar-refractivity contribution is 5.17. The normalized spacial score (nSPS) is 11.9. The van der Waals surface area contributed by atoms with E-state index in [-0.39, 0.29) is 0 Å². The first-order valence-corrected chi connectivity index (χ1v) is 7.70. The fraction of sp³-hybridized carbons (Fsp3) is 0.300. The molecule has 0 N–H and O–H groups in total. The Morgan fingerprint density at radius 3 is 1.76 bits per heavy atom. The highest BCUT2D eigenvalue weighted by Crippen LogP contribution is 2.12. The monoisotopic (exact) mass is 279 g/mol. The first-order chi connectivity index (χ1) is 10.3. The number of allylic oxidation sites excluding steroid dienone is 1. The summed E-state index contributed by atoms with van der Waals surface area (Å²) in [6, 6.07) is 21.5. The number of rotatable bonds is 7. The number of nitrogens with zero attached hydrogens (tertiary/aromatic N) is 1. The first kappa shape index (κ1) is 15.5. The van der Waals surface area contributed by atoms with Crippen LogP contribution in [0.15, 0.2) is 72.3 Å². The molecule has 0 atom stereocenters. The summed E-state index contributed by atoms with van der Waals surface area (Å²) in [5.41, 5.74) is 4.22. The van der Waals surface area contributed by atoms with Crippen LogP contribution in [0, 0.1) is 0 Å². The molecule has 2 aromatic rings. The van der Waals surface area contributed by atoms with Crippen molar-refractivity contribution in [2.45, 2.75) is 33.4 Å². The minimum atomic E-state index is 1.01. The molecule has 0 bridgehead atoms. The lowest BCUT2D eigenvalue weighted by molar-refractivity contribution is 0.260. The Labute approximate surface area is 128 Å². The van der Waals surface area contributed by atoms with Crippen molar-refractivity contribution in [3.05, 3.63) is 83.4 Å². The average molecular weight is 279 g/mol. The highest BCUT2D eigenvalue weighted by atomic mass is 15.1. The molecule has 0 amide bonds. The highest BCUT2D eigenvalue weighted by Gasteiger charge is 2.07. The molecule has 0 saturated heterocycles. The van der Waals surface area contributed by atoms with Crippen molar-refractivity contribution < 1.29 is 0 Å². The zero-order valence-electron chi connectivity index (χ0n) is 13.1. The Bertz CT molecular complexity index is 501. The fourth-order valence-electron chi connectivity index (χ4n) is 2.38. The van der Waals surface area contributed by atoms with E-state index in [1.165, 1.54) is 16.7 Å². The van der Waals surface area contributed by atoms with Crippen molar-refractivity contribution in [2.75, 3.05) is 6.54 Å². The Balaban J connectivity index is 2.02. The van der Waals surface area contributed by atoms with E-state index in [9.17, 15) is 0 Å². The van der Waals surface area contributed by atoms with Gasteiger partial charge in [-0.1, -0.05) is 72.3 Å². The topological polar surface area (TPSA) is 3.24 Å². The third-order valence-electron chi connectivity index (χ3n) is 3.81. The van der Waals surface area contributed by atoms with Gasteiger partial charge in [-0.25, -0.2) is 0 Å². The van der Waals surface area contributed by atoms with Gasteiger partial charge in [-0.3, -0.25) is 4.90 Å². The minimum absolute atomic E-state index is 1.01. The van der Waals surface area contributed by atoms with Gasteiger partial charge in [0.15, 0.2) is 0 Å². The summed E-state index contributed by atoms with van der Waals surface area (Å²) in [5, 5.41) is 0. The third kappa shape index (κ3) is 5.57. The fourth-order valence-corrected chi connectivity index (χ4v) is 2.38. The van der Waals surface area contributed by atoms with Crippen LogP contribution in [0.4, 0.5) is 0 Å². The maximum atomic E-state index is 2.53. The van der Waals surface area contributed by atoms with Gasteiger partial charge in [0.05, 0.1) is 0 Å². The van der Waals surface area contributed by atoms with Gasteiger partial charge < -0.3 is 0 Å². The van der Waals surface area contributed by atoms with E-state index in [2.05, 4.69) is 85.5 Å². The maximum Gasteiger partial charge on any atom is 0.0237 e. The molecule has 1 nitrogen and oxygen atoms in total. The van der Waals surface area contributed by atoms with Crippen molar-refractivity contribution in [2.24, 2.45) is 0 Å². The summed E-state index contributed by atoms with van der Waals surface area (Å²) >= 11 is 0. The van der Waals surface area contributed by atoms with E-state index in [1.54, 1.807) is 0 Å². The molecule has 1 heteroatoms. The summed E-state index contributed by atoms with van der Waals surface area (Å²) in [7, 11) is 0. The zero-order chi connectivity index (χ0) is 14.9. The number of hydrogen-bond donors (Lipinski definition) is 0. The molecule has 2 aromatic carbocycles. The van der Waals surface area contributed by atoms with Crippen molar-refractivity contribution in [1.82, 2.24) is 4.90 Å². The Hall–Kier alpha value is -1.86. The number of benzene rings is 2. The van der Waals surface area contributed by atoms with Crippen molar-refractivity contribution >= 4 is 0 Å². The molecule has 0 fully saturated rings. The number of hydrogen-bond acceptors (Lipinski definition) is 1. The van der Waals surface area contributed by atoms with Crippen LogP contribution in [-0.4, -0.2) is 11.4 Å². The summed E-state index contributed by atoms with van der Waals surface area (Å²) < 4.78 is 0. The van der Waals surface area contributed by atoms with Crippen molar-refractivity contribution in [3.63, 3.8) is 0 Å². The summed E-state index contributed by atoms with van der Waals surface area (Å²) in [5.74, 6) is 0. The van der Waals surface area contributed by atoms with Crippen LogP contribution in [-0.2, 0) is 13.1 Å². The second kappa shape index (κ2) is 8.43. The van der Waals surface area contributed by atoms with Crippen LogP contribution in [0.2, 0.25) is 0 Å². The van der Waals surface area contributed by atoms with Crippen molar-refractivity contribution in [1.29, 1.82) is 0 Å². The van der Waals surface area contributed by atoms with E-state index in [0.717, 1.165) is 26.1 Å². The Morgan fingerprint density at radius 1 is 0.857 bits per heavy atom. The average Bonchev–Trinajstić information content (AvgIpc) is 2.54. The van der Waals surface area contributed by atoms with Gasteiger partial charge in [-0.05, 0) is 31.4 Å². The molecule has 0 aliphatic rings. The molecule has 0 radical (unpaired) electrons. The molecule has 0 aliphatic heterocycles. The molecule has 0 aliphatic carbocycles. The van der Waals surface area contributed by atoms with E-state index >= 15 is 0 Å². The van der Waals surface area contributed by atoms with Crippen LogP contribution in [0.1, 0.15) is 31.4 Å². The lowest BCUT2D eigenvalue weighted by Gasteiger charge is -2.23. The Morgan fingerprint density at radius 2 is 1.33 bits per heavy atom. The molecular formula is C20H25N. The largest absolute Gasteiger partial charge is 0.295 e. The first-order valence-electron chi connectivity index (χ1n) is 7.70. The molecule has 0 spiro atoms. The lowest BCUT2D eigenvalue weighted by Crippen LogP contribution is -2.24. The molecule has 0 saturated carbocycles. The minimum Gasteiger partial charge on any atom is -0.295 e. The summed E-state index contributed by atoms with van der Waals surface area (Å²) in [4.78, 5) is 2.53. The molecule has 2 rings (SSSR count). The van der Waals surface area contributed by atoms with Gasteiger partial charge >= 0.3 is 0 Å². The molecule has 0 heterocycles. The Kier molecular flexibility index (Phi) is 6.23. The molecule has 110 valence electrons. The molecule has 0 unspecified atom stereocenters. The van der Waals surface area contributed by atoms with E-state index in [1.807, 2.05) is 0 Å². The SMILES string of the molecule is CC=C(C)CCN(Cc1ccccc1)Cc1ccccc1. The molecule has 21 heavy (non-hydrogen) atoms. The molecular weight excluding hydrogens is 254 g/mol. The second-order valence-electron chi connectivity index (χ2n) is 5.57. The van der Waals surface area contributed by atoms with E-state index in [0.29, 0.717) is 0 Å². The third-order valence-corrected chi connectivity index (χ3v) is 3.81. The van der Waals surface area contributed by atoms with Gasteiger partial charge in [0.1, 0.15) is 0 Å². The quantitative estimate of drug-likeness (QED) is 0.641. The zero-order valence-corrected chi connectivity index (χ0v) is 13.1. The predicted molar refractivity (Wildman–Crippen MR) is 91.0 cm³/mol. The van der Waals surface area contributed by atoms with Gasteiger partial charge in [0.25, 0.3) is 0 Å². The van der Waals surface area contributed by atoms with Gasteiger partial charge in [0, 0.05) is 19.6 Å². The van der Waals surface area contributed by atoms with Crippen LogP contribution in [0.5, 0.6) is 0 Å². The standard InChI is InChI=1S/C20H25N/c1-3-18(2)14-15-21(16-19-10-6-4-7-11-19)17-20-12-8-5-9-13-20/h3-13H,14-17H2,1-2H3. The van der Waals surface area contributed by atoms with E-state index < -0.39 is 0 Å². The summed E-state index contributed by atoms with van der Waals surface area (Å²) in [6.07, 6.45) is 3.35. The van der Waals surface area contributed by atoms with Crippen LogP contribution in [0.3, 0.4) is 0 Å². The predicted octanol–water partition coefficient (Wildman–Crippen LogP) is 5.05. The molecule has 0 aromatic heterocycles. The lowest BCUT2D eigenvalue weighted by atomic mass is 10.1. The van der Waals surface area contributed by atoms with Crippen molar-refractivity contribution in [3.8, 4) is 0 Å². The van der Waals surface area contributed by atoms with E-state index in [4.69, 9.17) is 0 Å². The van der Waals surface area contributed by atoms with Crippen LogP contribution in [0.25, 0.3) is 0 Å². The van der Waals surface area contributed by atoms with Gasteiger partial charge in [-0.2, -0.15) is 0 Å². The van der Waals surface area contributed by atoms with Gasteiger partial charge in [0.2, 0.25) is 0 Å². The van der Waals surface area contributed by atoms with Crippen LogP contribution < -0.4 is 0 Å². The smallest absolute Gasteiger partial charge is 0.0237 e. The summed E-state index contributed by atoms with van der Waals surface area (Å²) in [6.45, 7) is 7.44. The van der Waals surface area contributed by atoms with Crippen LogP contribution >= 0.6 is 0 Å². The van der Waals surface area contributed by atoms with Gasteiger partial charge in [-0.15, -0.1) is 0 Å². The second-order valence-corrected chi connectivity index (χ2v) is 5.57.